The molecule has 0 spiro atoms. The first-order valence-electron chi connectivity index (χ1n) is 10.7. The Hall–Kier alpha value is -3.29. The molecule has 0 saturated heterocycles. The van der Waals surface area contributed by atoms with Crippen LogP contribution in [0.3, 0.4) is 0 Å². The number of benzene rings is 1. The molecule has 3 heterocycles. The number of rotatable bonds is 4. The molecule has 0 unspecified atom stereocenters. The number of aryl methyl sites for hydroxylation is 3. The largest absolute Gasteiger partial charge is 0.350 e. The van der Waals surface area contributed by atoms with Crippen LogP contribution in [0.15, 0.2) is 30.3 Å². The van der Waals surface area contributed by atoms with Gasteiger partial charge in [0.2, 0.25) is 5.95 Å². The third-order valence-corrected chi connectivity index (χ3v) is 5.63. The lowest BCUT2D eigenvalue weighted by Crippen LogP contribution is -2.28. The summed E-state index contributed by atoms with van der Waals surface area (Å²) in [6.45, 7) is 10.1. The van der Waals surface area contributed by atoms with Gasteiger partial charge in [-0.15, -0.1) is 5.10 Å². The Labute approximate surface area is 181 Å². The standard InChI is InChI=1S/C23H28N8/c1-13-24-14(2)31(29-13)20-12-18(26-22(27-20)28-23(3,4)5)15-11-16(15)21-25-17-9-7-8-10-19(17)30(21)6/h7-10,12,15-16H,11H2,1-6H3,(H,26,27,28)/t15-,16-/m1/s1. The number of imidazole rings is 1. The molecule has 1 aliphatic rings. The molecule has 3 aromatic heterocycles. The van der Waals surface area contributed by atoms with Crippen molar-refractivity contribution in [3.05, 3.63) is 53.5 Å². The van der Waals surface area contributed by atoms with E-state index < -0.39 is 0 Å². The lowest BCUT2D eigenvalue weighted by molar-refractivity contribution is 0.623. The molecule has 0 radical (unpaired) electrons. The van der Waals surface area contributed by atoms with Gasteiger partial charge in [-0.2, -0.15) is 9.67 Å². The molecular formula is C23H28N8. The van der Waals surface area contributed by atoms with Crippen molar-refractivity contribution in [3.63, 3.8) is 0 Å². The van der Waals surface area contributed by atoms with E-state index in [-0.39, 0.29) is 5.54 Å². The van der Waals surface area contributed by atoms with Crippen LogP contribution in [0.1, 0.15) is 62.2 Å². The van der Waals surface area contributed by atoms with Crippen molar-refractivity contribution in [1.29, 1.82) is 0 Å². The van der Waals surface area contributed by atoms with Crippen LogP contribution in [0.2, 0.25) is 0 Å². The molecule has 8 heteroatoms. The summed E-state index contributed by atoms with van der Waals surface area (Å²) in [7, 11) is 2.10. The van der Waals surface area contributed by atoms with Crippen molar-refractivity contribution in [2.24, 2.45) is 7.05 Å². The molecule has 1 fully saturated rings. The van der Waals surface area contributed by atoms with Crippen molar-refractivity contribution < 1.29 is 0 Å². The van der Waals surface area contributed by atoms with E-state index in [1.54, 1.807) is 4.68 Å². The number of fused-ring (bicyclic) bond motifs is 1. The predicted molar refractivity (Wildman–Crippen MR) is 121 cm³/mol. The zero-order valence-electron chi connectivity index (χ0n) is 18.9. The van der Waals surface area contributed by atoms with Gasteiger partial charge in [0.25, 0.3) is 0 Å². The number of para-hydroxylation sites is 2. The van der Waals surface area contributed by atoms with Crippen molar-refractivity contribution in [2.45, 2.75) is 58.4 Å². The lowest BCUT2D eigenvalue weighted by atomic mass is 10.1. The van der Waals surface area contributed by atoms with Crippen LogP contribution < -0.4 is 5.32 Å². The van der Waals surface area contributed by atoms with E-state index in [1.807, 2.05) is 26.0 Å². The minimum absolute atomic E-state index is 0.149. The molecule has 31 heavy (non-hydrogen) atoms. The van der Waals surface area contributed by atoms with Crippen LogP contribution in [0.4, 0.5) is 5.95 Å². The Balaban J connectivity index is 1.54. The van der Waals surface area contributed by atoms with E-state index in [4.69, 9.17) is 15.0 Å². The maximum Gasteiger partial charge on any atom is 0.225 e. The second-order valence-electron chi connectivity index (χ2n) is 9.43. The van der Waals surface area contributed by atoms with E-state index in [2.05, 4.69) is 66.0 Å². The zero-order valence-corrected chi connectivity index (χ0v) is 18.9. The predicted octanol–water partition coefficient (Wildman–Crippen LogP) is 4.04. The molecule has 0 bridgehead atoms. The summed E-state index contributed by atoms with van der Waals surface area (Å²) in [6, 6.07) is 10.3. The number of nitrogens with zero attached hydrogens (tertiary/aromatic N) is 7. The highest BCUT2D eigenvalue weighted by molar-refractivity contribution is 5.76. The fourth-order valence-corrected chi connectivity index (χ4v) is 4.18. The van der Waals surface area contributed by atoms with Gasteiger partial charge in [-0.1, -0.05) is 12.1 Å². The molecule has 1 saturated carbocycles. The summed E-state index contributed by atoms with van der Waals surface area (Å²) in [5, 5.41) is 7.95. The highest BCUT2D eigenvalue weighted by Crippen LogP contribution is 2.54. The molecule has 5 rings (SSSR count). The summed E-state index contributed by atoms with van der Waals surface area (Å²) in [5.74, 6) is 4.67. The summed E-state index contributed by atoms with van der Waals surface area (Å²) >= 11 is 0. The molecule has 1 aromatic carbocycles. The number of anilines is 1. The van der Waals surface area contributed by atoms with Gasteiger partial charge in [0.15, 0.2) is 5.82 Å². The Bertz CT molecular complexity index is 1280. The Morgan fingerprint density at radius 3 is 2.45 bits per heavy atom. The van der Waals surface area contributed by atoms with Gasteiger partial charge in [-0.05, 0) is 53.2 Å². The van der Waals surface area contributed by atoms with Crippen LogP contribution in [0.25, 0.3) is 16.9 Å². The molecule has 0 aliphatic heterocycles. The maximum atomic E-state index is 4.91. The molecule has 1 N–H and O–H groups in total. The SMILES string of the molecule is Cc1nc(C)n(-c2cc([C@@H]3C[C@H]3c3nc4ccccc4n3C)nc(NC(C)(C)C)n2)n1. The monoisotopic (exact) mass is 416 g/mol. The summed E-state index contributed by atoms with van der Waals surface area (Å²) in [4.78, 5) is 19.0. The highest BCUT2D eigenvalue weighted by atomic mass is 15.4. The Kier molecular flexibility index (Phi) is 4.35. The van der Waals surface area contributed by atoms with Crippen LogP contribution in [0.5, 0.6) is 0 Å². The molecule has 4 aromatic rings. The second-order valence-corrected chi connectivity index (χ2v) is 9.43. The van der Waals surface area contributed by atoms with Gasteiger partial charge < -0.3 is 9.88 Å². The van der Waals surface area contributed by atoms with Crippen molar-refractivity contribution in [2.75, 3.05) is 5.32 Å². The molecule has 8 nitrogen and oxygen atoms in total. The smallest absolute Gasteiger partial charge is 0.225 e. The Morgan fingerprint density at radius 2 is 1.77 bits per heavy atom. The van der Waals surface area contributed by atoms with Crippen LogP contribution in [-0.2, 0) is 7.05 Å². The lowest BCUT2D eigenvalue weighted by Gasteiger charge is -2.21. The van der Waals surface area contributed by atoms with Gasteiger partial charge in [-0.25, -0.2) is 15.0 Å². The highest BCUT2D eigenvalue weighted by Gasteiger charge is 2.44. The van der Waals surface area contributed by atoms with Crippen LogP contribution >= 0.6 is 0 Å². The average Bonchev–Trinajstić information content (AvgIpc) is 3.32. The van der Waals surface area contributed by atoms with Crippen LogP contribution in [-0.4, -0.2) is 39.8 Å². The quantitative estimate of drug-likeness (QED) is 0.540. The molecule has 0 amide bonds. The fourth-order valence-electron chi connectivity index (χ4n) is 4.18. The summed E-state index contributed by atoms with van der Waals surface area (Å²) in [5.41, 5.74) is 3.07. The Morgan fingerprint density at radius 1 is 1.00 bits per heavy atom. The van der Waals surface area contributed by atoms with E-state index in [1.165, 1.54) is 0 Å². The molecule has 2 atom stereocenters. The number of nitrogens with one attached hydrogen (secondary N) is 1. The third-order valence-electron chi connectivity index (χ3n) is 5.63. The summed E-state index contributed by atoms with van der Waals surface area (Å²) < 4.78 is 4.00. The first-order chi connectivity index (χ1) is 14.7. The van der Waals surface area contributed by atoms with Crippen molar-refractivity contribution in [1.82, 2.24) is 34.3 Å². The summed E-state index contributed by atoms with van der Waals surface area (Å²) in [6.07, 6.45) is 1.03. The van der Waals surface area contributed by atoms with Crippen LogP contribution in [0, 0.1) is 13.8 Å². The average molecular weight is 417 g/mol. The van der Waals surface area contributed by atoms with Crippen molar-refractivity contribution >= 4 is 17.0 Å². The second kappa shape index (κ2) is 6.87. The minimum Gasteiger partial charge on any atom is -0.350 e. The molecule has 160 valence electrons. The number of hydrogen-bond acceptors (Lipinski definition) is 6. The normalized spacial score (nSPS) is 18.5. The van der Waals surface area contributed by atoms with Gasteiger partial charge >= 0.3 is 0 Å². The number of aromatic nitrogens is 7. The van der Waals surface area contributed by atoms with Gasteiger partial charge in [0, 0.05) is 30.5 Å². The third kappa shape index (κ3) is 3.66. The fraction of sp³-hybridized carbons (Fsp3) is 0.435. The van der Waals surface area contributed by atoms with E-state index in [0.29, 0.717) is 17.8 Å². The van der Waals surface area contributed by atoms with Gasteiger partial charge in [0.05, 0.1) is 16.7 Å². The molecular weight excluding hydrogens is 388 g/mol. The van der Waals surface area contributed by atoms with E-state index in [9.17, 15) is 0 Å². The topological polar surface area (TPSA) is 86.3 Å². The minimum atomic E-state index is -0.149. The first kappa shape index (κ1) is 19.7. The van der Waals surface area contributed by atoms with Gasteiger partial charge in [0.1, 0.15) is 17.5 Å². The van der Waals surface area contributed by atoms with Gasteiger partial charge in [-0.3, -0.25) is 0 Å². The van der Waals surface area contributed by atoms with E-state index >= 15 is 0 Å². The number of hydrogen-bond donors (Lipinski definition) is 1. The maximum absolute atomic E-state index is 4.91. The van der Waals surface area contributed by atoms with E-state index in [0.717, 1.165) is 46.4 Å². The van der Waals surface area contributed by atoms with Crippen molar-refractivity contribution in [3.8, 4) is 5.82 Å². The zero-order chi connectivity index (χ0) is 21.9. The molecule has 1 aliphatic carbocycles. The first-order valence-corrected chi connectivity index (χ1v) is 10.7.